The lowest BCUT2D eigenvalue weighted by Gasteiger charge is -2.40. The number of carbonyl (C=O) groups is 3. The van der Waals surface area contributed by atoms with Crippen LogP contribution in [0.25, 0.3) is 0 Å². The standard InChI is InChI=1S/C26H28N4O4/c31-23-8-7-21(24(32)29-23)30-14-17-11-16(5-6-18(17)25(30)33)13-28-20-12-26(9-10-27-15-26)34-22-4-2-1-3-19(20)22/h1-6,11,20-21,27-28H,7-10,12-15H2,(H,29,31,32). The van der Waals surface area contributed by atoms with Gasteiger partial charge in [-0.2, -0.15) is 0 Å². The first-order chi connectivity index (χ1) is 16.5. The van der Waals surface area contributed by atoms with Gasteiger partial charge in [-0.15, -0.1) is 0 Å². The minimum absolute atomic E-state index is 0.141. The van der Waals surface area contributed by atoms with Crippen LogP contribution >= 0.6 is 0 Å². The molecule has 3 unspecified atom stereocenters. The third-order valence-electron chi connectivity index (χ3n) is 7.54. The van der Waals surface area contributed by atoms with E-state index in [1.165, 1.54) is 5.56 Å². The van der Waals surface area contributed by atoms with E-state index in [0.29, 0.717) is 25.1 Å². The van der Waals surface area contributed by atoms with Gasteiger partial charge in [-0.25, -0.2) is 0 Å². The fourth-order valence-electron chi connectivity index (χ4n) is 5.76. The number of amides is 3. The van der Waals surface area contributed by atoms with Gasteiger partial charge in [0.2, 0.25) is 11.8 Å². The number of ether oxygens (including phenoxy) is 1. The van der Waals surface area contributed by atoms with Crippen molar-refractivity contribution in [3.05, 3.63) is 64.7 Å². The van der Waals surface area contributed by atoms with Crippen LogP contribution in [-0.2, 0) is 22.7 Å². The number of benzene rings is 2. The number of hydrogen-bond donors (Lipinski definition) is 3. The van der Waals surface area contributed by atoms with Gasteiger partial charge in [-0.05, 0) is 36.2 Å². The number of fused-ring (bicyclic) bond motifs is 2. The third-order valence-corrected chi connectivity index (χ3v) is 7.54. The molecule has 4 heterocycles. The highest BCUT2D eigenvalue weighted by Crippen LogP contribution is 2.42. The Morgan fingerprint density at radius 1 is 1.15 bits per heavy atom. The third kappa shape index (κ3) is 3.67. The smallest absolute Gasteiger partial charge is 0.255 e. The summed E-state index contributed by atoms with van der Waals surface area (Å²) < 4.78 is 6.42. The Morgan fingerprint density at radius 2 is 2.03 bits per heavy atom. The van der Waals surface area contributed by atoms with E-state index in [9.17, 15) is 14.4 Å². The van der Waals surface area contributed by atoms with Crippen molar-refractivity contribution in [1.29, 1.82) is 0 Å². The second kappa shape index (κ2) is 8.21. The summed E-state index contributed by atoms with van der Waals surface area (Å²) in [6.45, 7) is 2.89. The molecule has 2 fully saturated rings. The van der Waals surface area contributed by atoms with Crippen molar-refractivity contribution < 1.29 is 19.1 Å². The van der Waals surface area contributed by atoms with Gasteiger partial charge in [0, 0.05) is 56.1 Å². The molecule has 2 aromatic rings. The Labute approximate surface area is 198 Å². The van der Waals surface area contributed by atoms with Crippen LogP contribution in [0.4, 0.5) is 0 Å². The van der Waals surface area contributed by atoms with Gasteiger partial charge in [0.25, 0.3) is 5.91 Å². The second-order valence-corrected chi connectivity index (χ2v) is 9.78. The molecule has 0 radical (unpaired) electrons. The molecule has 2 saturated heterocycles. The molecule has 0 aliphatic carbocycles. The normalized spacial score (nSPS) is 28.0. The highest BCUT2D eigenvalue weighted by molar-refractivity contribution is 6.05. The lowest BCUT2D eigenvalue weighted by molar-refractivity contribution is -0.136. The molecule has 3 amide bonds. The van der Waals surface area contributed by atoms with E-state index in [0.717, 1.165) is 42.8 Å². The number of carbonyl (C=O) groups excluding carboxylic acids is 3. The molecular weight excluding hydrogens is 432 g/mol. The number of nitrogens with one attached hydrogen (secondary N) is 3. The number of nitrogens with zero attached hydrogens (tertiary/aromatic N) is 1. The van der Waals surface area contributed by atoms with E-state index in [-0.39, 0.29) is 35.8 Å². The quantitative estimate of drug-likeness (QED) is 0.602. The molecule has 0 saturated carbocycles. The van der Waals surface area contributed by atoms with Crippen molar-refractivity contribution in [2.75, 3.05) is 13.1 Å². The maximum atomic E-state index is 12.9. The van der Waals surface area contributed by atoms with Gasteiger partial charge in [-0.1, -0.05) is 30.3 Å². The average molecular weight is 461 g/mol. The molecule has 176 valence electrons. The Bertz CT molecular complexity index is 1170. The maximum Gasteiger partial charge on any atom is 0.255 e. The summed E-state index contributed by atoms with van der Waals surface area (Å²) in [5, 5.41) is 9.52. The summed E-state index contributed by atoms with van der Waals surface area (Å²) in [5.41, 5.74) is 3.68. The van der Waals surface area contributed by atoms with Gasteiger partial charge >= 0.3 is 0 Å². The molecule has 6 rings (SSSR count). The fraction of sp³-hybridized carbons (Fsp3) is 0.423. The summed E-state index contributed by atoms with van der Waals surface area (Å²) in [5.74, 6) is 0.156. The molecule has 8 nitrogen and oxygen atoms in total. The zero-order chi connectivity index (χ0) is 23.3. The van der Waals surface area contributed by atoms with Gasteiger partial charge in [-0.3, -0.25) is 19.7 Å². The van der Waals surface area contributed by atoms with Gasteiger partial charge in [0.15, 0.2) is 0 Å². The van der Waals surface area contributed by atoms with Crippen molar-refractivity contribution in [2.45, 2.75) is 56.5 Å². The van der Waals surface area contributed by atoms with Crippen LogP contribution in [-0.4, -0.2) is 47.4 Å². The summed E-state index contributed by atoms with van der Waals surface area (Å²) in [4.78, 5) is 38.3. The molecule has 4 aliphatic rings. The Kier molecular flexibility index (Phi) is 5.15. The molecular formula is C26H28N4O4. The average Bonchev–Trinajstić information content (AvgIpc) is 3.41. The highest BCUT2D eigenvalue weighted by atomic mass is 16.5. The predicted molar refractivity (Wildman–Crippen MR) is 124 cm³/mol. The molecule has 8 heteroatoms. The summed E-state index contributed by atoms with van der Waals surface area (Å²) >= 11 is 0. The van der Waals surface area contributed by atoms with Gasteiger partial charge in [0.1, 0.15) is 17.4 Å². The summed E-state index contributed by atoms with van der Waals surface area (Å²) in [7, 11) is 0. The fourth-order valence-corrected chi connectivity index (χ4v) is 5.76. The highest BCUT2D eigenvalue weighted by Gasteiger charge is 2.43. The number of imide groups is 1. The van der Waals surface area contributed by atoms with Crippen molar-refractivity contribution >= 4 is 17.7 Å². The molecule has 0 aromatic heterocycles. The number of hydrogen-bond acceptors (Lipinski definition) is 6. The number of piperidine rings is 1. The summed E-state index contributed by atoms with van der Waals surface area (Å²) in [6.07, 6.45) is 2.54. The molecule has 34 heavy (non-hydrogen) atoms. The molecule has 3 N–H and O–H groups in total. The molecule has 1 spiro atoms. The first kappa shape index (κ1) is 21.3. The van der Waals surface area contributed by atoms with Crippen molar-refractivity contribution in [3.63, 3.8) is 0 Å². The zero-order valence-electron chi connectivity index (χ0n) is 18.9. The minimum atomic E-state index is -0.589. The first-order valence-corrected chi connectivity index (χ1v) is 12.0. The van der Waals surface area contributed by atoms with E-state index >= 15 is 0 Å². The van der Waals surface area contributed by atoms with E-state index in [1.807, 2.05) is 30.3 Å². The Balaban J connectivity index is 1.17. The number of rotatable bonds is 4. The lowest BCUT2D eigenvalue weighted by atomic mass is 9.86. The molecule has 3 atom stereocenters. The SMILES string of the molecule is O=C1CCC(N2Cc3cc(CNC4CC5(CCNC5)Oc5ccccc54)ccc3C2=O)C(=O)N1. The first-order valence-electron chi connectivity index (χ1n) is 12.0. The monoisotopic (exact) mass is 460 g/mol. The van der Waals surface area contributed by atoms with Crippen molar-refractivity contribution in [1.82, 2.24) is 20.9 Å². The van der Waals surface area contributed by atoms with Crippen molar-refractivity contribution in [2.24, 2.45) is 0 Å². The predicted octanol–water partition coefficient (Wildman–Crippen LogP) is 1.79. The summed E-state index contributed by atoms with van der Waals surface area (Å²) in [6, 6.07) is 13.7. The molecule has 0 bridgehead atoms. The van der Waals surface area contributed by atoms with Crippen LogP contribution in [0, 0.1) is 0 Å². The largest absolute Gasteiger partial charge is 0.485 e. The zero-order valence-corrected chi connectivity index (χ0v) is 18.9. The van der Waals surface area contributed by atoms with E-state index in [4.69, 9.17) is 4.74 Å². The van der Waals surface area contributed by atoms with E-state index in [1.54, 1.807) is 4.90 Å². The maximum absolute atomic E-state index is 12.9. The van der Waals surface area contributed by atoms with Crippen LogP contribution in [0.2, 0.25) is 0 Å². The Morgan fingerprint density at radius 3 is 2.85 bits per heavy atom. The van der Waals surface area contributed by atoms with Crippen LogP contribution in [0.1, 0.15) is 58.8 Å². The van der Waals surface area contributed by atoms with Crippen LogP contribution in [0.15, 0.2) is 42.5 Å². The van der Waals surface area contributed by atoms with Gasteiger partial charge < -0.3 is 20.3 Å². The molecule has 4 aliphatic heterocycles. The van der Waals surface area contributed by atoms with Gasteiger partial charge in [0.05, 0.1) is 0 Å². The Hall–Kier alpha value is -3.23. The van der Waals surface area contributed by atoms with Crippen LogP contribution in [0.3, 0.4) is 0 Å². The molecule has 2 aromatic carbocycles. The van der Waals surface area contributed by atoms with Crippen LogP contribution < -0.4 is 20.7 Å². The van der Waals surface area contributed by atoms with E-state index in [2.05, 4.69) is 28.1 Å². The minimum Gasteiger partial charge on any atom is -0.485 e. The van der Waals surface area contributed by atoms with Crippen molar-refractivity contribution in [3.8, 4) is 5.75 Å². The number of para-hydroxylation sites is 1. The van der Waals surface area contributed by atoms with Crippen LogP contribution in [0.5, 0.6) is 5.75 Å². The second-order valence-electron chi connectivity index (χ2n) is 9.78. The van der Waals surface area contributed by atoms with E-state index < -0.39 is 6.04 Å². The lowest BCUT2D eigenvalue weighted by Crippen LogP contribution is -2.52. The topological polar surface area (TPSA) is 99.8 Å².